The van der Waals surface area contributed by atoms with Crippen LogP contribution >= 0.6 is 0 Å². The van der Waals surface area contributed by atoms with Gasteiger partial charge in [-0.25, -0.2) is 9.98 Å². The van der Waals surface area contributed by atoms with Gasteiger partial charge in [-0.05, 0) is 35.4 Å². The quantitative estimate of drug-likeness (QED) is 0.807. The number of nitrogens with zero attached hydrogens (tertiary/aromatic N) is 3. The molecule has 2 aromatic rings. The van der Waals surface area contributed by atoms with Crippen molar-refractivity contribution in [3.05, 3.63) is 65.5 Å². The zero-order valence-corrected chi connectivity index (χ0v) is 16.0. The fourth-order valence-electron chi connectivity index (χ4n) is 2.83. The van der Waals surface area contributed by atoms with Crippen LogP contribution in [0, 0.1) is 0 Å². The molecule has 1 aliphatic heterocycles. The number of anilines is 2. The third kappa shape index (κ3) is 4.43. The van der Waals surface area contributed by atoms with Crippen LogP contribution in [0.25, 0.3) is 0 Å². The minimum Gasteiger partial charge on any atom is -0.384 e. The number of nitrogens with one attached hydrogen (secondary N) is 1. The zero-order valence-electron chi connectivity index (χ0n) is 16.0. The molecule has 1 aromatic heterocycles. The van der Waals surface area contributed by atoms with Crippen molar-refractivity contribution in [2.75, 3.05) is 17.7 Å². The van der Waals surface area contributed by atoms with Gasteiger partial charge in [-0.1, -0.05) is 25.1 Å². The number of nitrogen functional groups attached to an aromatic ring is 1. The molecule has 0 unspecified atom stereocenters. The summed E-state index contributed by atoms with van der Waals surface area (Å²) in [6.07, 6.45) is 4.50. The number of aromatic nitrogens is 1. The van der Waals surface area contributed by atoms with E-state index in [4.69, 9.17) is 5.73 Å². The van der Waals surface area contributed by atoms with E-state index in [1.54, 1.807) is 24.2 Å². The van der Waals surface area contributed by atoms with Gasteiger partial charge in [-0.15, -0.1) is 0 Å². The van der Waals surface area contributed by atoms with Crippen molar-refractivity contribution >= 4 is 29.0 Å². The van der Waals surface area contributed by atoms with Crippen molar-refractivity contribution in [1.82, 2.24) is 10.3 Å². The summed E-state index contributed by atoms with van der Waals surface area (Å²) in [5, 5.41) is 2.84. The second kappa shape index (κ2) is 8.47. The molecule has 0 saturated carbocycles. The van der Waals surface area contributed by atoms with Gasteiger partial charge in [0.15, 0.2) is 0 Å². The van der Waals surface area contributed by atoms with Crippen LogP contribution < -0.4 is 16.0 Å². The average molecular weight is 377 g/mol. The Kier molecular flexibility index (Phi) is 5.84. The number of benzene rings is 1. The maximum Gasteiger partial charge on any atom is 0.269 e. The minimum absolute atomic E-state index is 0.0582. The number of allylic oxidation sites excluding steroid dienone is 1. The molecule has 2 heterocycles. The number of rotatable bonds is 6. The molecule has 28 heavy (non-hydrogen) atoms. The van der Waals surface area contributed by atoms with Crippen molar-refractivity contribution in [2.45, 2.75) is 26.3 Å². The van der Waals surface area contributed by atoms with E-state index >= 15 is 0 Å². The van der Waals surface area contributed by atoms with Crippen LogP contribution in [0.3, 0.4) is 0 Å². The third-order valence-corrected chi connectivity index (χ3v) is 4.54. The molecule has 7 heteroatoms. The predicted molar refractivity (Wildman–Crippen MR) is 110 cm³/mol. The molecular weight excluding hydrogens is 354 g/mol. The van der Waals surface area contributed by atoms with Crippen LogP contribution in [-0.4, -0.2) is 29.6 Å². The number of hydrogen-bond donors (Lipinski definition) is 2. The van der Waals surface area contributed by atoms with Crippen LogP contribution in [0.1, 0.15) is 30.9 Å². The van der Waals surface area contributed by atoms with E-state index in [1.165, 1.54) is 0 Å². The number of pyridine rings is 1. The van der Waals surface area contributed by atoms with E-state index < -0.39 is 0 Å². The van der Waals surface area contributed by atoms with Gasteiger partial charge in [-0.2, -0.15) is 0 Å². The molecule has 3 N–H and O–H groups in total. The SMILES string of the molecule is CCC(=O)N(C)c1ccc(C2=NC(C(=O)NCc3ccc(N)nc3)=CC2)cc1. The van der Waals surface area contributed by atoms with E-state index in [-0.39, 0.29) is 11.8 Å². The van der Waals surface area contributed by atoms with E-state index in [9.17, 15) is 9.59 Å². The highest BCUT2D eigenvalue weighted by Crippen LogP contribution is 2.20. The molecule has 2 amide bonds. The van der Waals surface area contributed by atoms with E-state index in [0.29, 0.717) is 30.9 Å². The highest BCUT2D eigenvalue weighted by molar-refractivity contribution is 6.08. The van der Waals surface area contributed by atoms with E-state index in [2.05, 4.69) is 15.3 Å². The third-order valence-electron chi connectivity index (χ3n) is 4.54. The number of carbonyl (C=O) groups excluding carboxylic acids is 2. The lowest BCUT2D eigenvalue weighted by Crippen LogP contribution is -2.25. The average Bonchev–Trinajstić information content (AvgIpc) is 3.22. The lowest BCUT2D eigenvalue weighted by Gasteiger charge is -2.16. The fourth-order valence-corrected chi connectivity index (χ4v) is 2.83. The summed E-state index contributed by atoms with van der Waals surface area (Å²) < 4.78 is 0. The number of carbonyl (C=O) groups is 2. The Balaban J connectivity index is 1.61. The van der Waals surface area contributed by atoms with Gasteiger partial charge in [0, 0.05) is 38.3 Å². The highest BCUT2D eigenvalue weighted by atomic mass is 16.2. The first-order valence-corrected chi connectivity index (χ1v) is 9.11. The van der Waals surface area contributed by atoms with Gasteiger partial charge in [-0.3, -0.25) is 9.59 Å². The van der Waals surface area contributed by atoms with Gasteiger partial charge >= 0.3 is 0 Å². The molecule has 1 aliphatic rings. The number of hydrogen-bond acceptors (Lipinski definition) is 5. The molecule has 1 aromatic carbocycles. The summed E-state index contributed by atoms with van der Waals surface area (Å²) in [6, 6.07) is 11.1. The zero-order chi connectivity index (χ0) is 20.1. The molecule has 0 saturated heterocycles. The van der Waals surface area contributed by atoms with Gasteiger partial charge in [0.2, 0.25) is 5.91 Å². The Bertz CT molecular complexity index is 930. The molecule has 3 rings (SSSR count). The van der Waals surface area contributed by atoms with Crippen LogP contribution in [-0.2, 0) is 16.1 Å². The fraction of sp³-hybridized carbons (Fsp3) is 0.238. The summed E-state index contributed by atoms with van der Waals surface area (Å²) in [5.41, 5.74) is 9.42. The topological polar surface area (TPSA) is 101 Å². The molecule has 0 radical (unpaired) electrons. The maximum atomic E-state index is 12.3. The second-order valence-corrected chi connectivity index (χ2v) is 6.48. The Hall–Kier alpha value is -3.48. The lowest BCUT2D eigenvalue weighted by molar-refractivity contribution is -0.118. The maximum absolute atomic E-state index is 12.3. The first-order valence-electron chi connectivity index (χ1n) is 9.11. The monoisotopic (exact) mass is 377 g/mol. The second-order valence-electron chi connectivity index (χ2n) is 6.48. The van der Waals surface area contributed by atoms with Crippen molar-refractivity contribution in [3.63, 3.8) is 0 Å². The number of aliphatic imine (C=N–C) groups is 1. The van der Waals surface area contributed by atoms with Crippen molar-refractivity contribution in [1.29, 1.82) is 0 Å². The standard InChI is InChI=1S/C21H23N5O2/c1-3-20(27)26(2)16-7-5-15(6-8-16)17-9-10-18(25-17)21(28)24-13-14-4-11-19(22)23-12-14/h4-8,10-12H,3,9,13H2,1-2H3,(H2,22,23)(H,24,28). The van der Waals surface area contributed by atoms with Crippen molar-refractivity contribution in [2.24, 2.45) is 4.99 Å². The van der Waals surface area contributed by atoms with Crippen LogP contribution in [0.15, 0.2) is 59.4 Å². The van der Waals surface area contributed by atoms with Gasteiger partial charge in [0.1, 0.15) is 11.5 Å². The number of nitrogens with two attached hydrogens (primary N) is 1. The van der Waals surface area contributed by atoms with E-state index in [0.717, 1.165) is 22.5 Å². The molecular formula is C21H23N5O2. The smallest absolute Gasteiger partial charge is 0.269 e. The highest BCUT2D eigenvalue weighted by Gasteiger charge is 2.17. The molecule has 0 aliphatic carbocycles. The van der Waals surface area contributed by atoms with Crippen LogP contribution in [0.4, 0.5) is 11.5 Å². The van der Waals surface area contributed by atoms with E-state index in [1.807, 2.05) is 43.3 Å². The molecule has 144 valence electrons. The first kappa shape index (κ1) is 19.3. The minimum atomic E-state index is -0.225. The molecule has 0 spiro atoms. The Morgan fingerprint density at radius 3 is 2.57 bits per heavy atom. The normalized spacial score (nSPS) is 12.9. The summed E-state index contributed by atoms with van der Waals surface area (Å²) >= 11 is 0. The Morgan fingerprint density at radius 2 is 1.93 bits per heavy atom. The summed E-state index contributed by atoms with van der Waals surface area (Å²) in [4.78, 5) is 34.2. The number of amides is 2. The Labute approximate surface area is 164 Å². The van der Waals surface area contributed by atoms with Crippen LogP contribution in [0.2, 0.25) is 0 Å². The van der Waals surface area contributed by atoms with Gasteiger partial charge < -0.3 is 16.0 Å². The first-order chi connectivity index (χ1) is 13.5. The molecule has 0 atom stereocenters. The van der Waals surface area contributed by atoms with Crippen LogP contribution in [0.5, 0.6) is 0 Å². The summed E-state index contributed by atoms with van der Waals surface area (Å²) in [7, 11) is 1.76. The molecule has 0 bridgehead atoms. The lowest BCUT2D eigenvalue weighted by atomic mass is 10.1. The van der Waals surface area contributed by atoms with Crippen molar-refractivity contribution in [3.8, 4) is 0 Å². The Morgan fingerprint density at radius 1 is 1.18 bits per heavy atom. The summed E-state index contributed by atoms with van der Waals surface area (Å²) in [5.74, 6) is 0.277. The molecule has 0 fully saturated rings. The largest absolute Gasteiger partial charge is 0.384 e. The molecule has 7 nitrogen and oxygen atoms in total. The predicted octanol–water partition coefficient (Wildman–Crippen LogP) is 2.43. The van der Waals surface area contributed by atoms with Crippen molar-refractivity contribution < 1.29 is 9.59 Å². The van der Waals surface area contributed by atoms with Gasteiger partial charge in [0.25, 0.3) is 5.91 Å². The van der Waals surface area contributed by atoms with Gasteiger partial charge in [0.05, 0.1) is 5.71 Å². The summed E-state index contributed by atoms with van der Waals surface area (Å²) in [6.45, 7) is 2.20.